The molecule has 37 heavy (non-hydrogen) atoms. The summed E-state index contributed by atoms with van der Waals surface area (Å²) in [5.74, 6) is -1.31. The SMILES string of the molecule is C.COC(=O)c1cc(C)ccc1N1CCCC1=O.Cc1ccc(N2CCCC2=O)c(C(=O)O)c1.[Li+].[OH-].[OH-]. The number of carboxylic acids is 1. The molecule has 0 saturated carbocycles. The third-order valence-electron chi connectivity index (χ3n) is 5.67. The molecule has 2 aliphatic rings. The van der Waals surface area contributed by atoms with Crippen molar-refractivity contribution in [2.45, 2.75) is 47.0 Å². The zero-order valence-corrected chi connectivity index (χ0v) is 21.0. The van der Waals surface area contributed by atoms with Crippen LogP contribution in [0.25, 0.3) is 0 Å². The Labute approximate surface area is 229 Å². The van der Waals surface area contributed by atoms with Gasteiger partial charge in [0.15, 0.2) is 0 Å². The van der Waals surface area contributed by atoms with Gasteiger partial charge in [0.1, 0.15) is 0 Å². The van der Waals surface area contributed by atoms with Crippen molar-refractivity contribution in [1.29, 1.82) is 0 Å². The molecule has 0 aliphatic carbocycles. The van der Waals surface area contributed by atoms with Gasteiger partial charge in [-0.15, -0.1) is 0 Å². The van der Waals surface area contributed by atoms with Gasteiger partial charge in [0, 0.05) is 25.9 Å². The summed E-state index contributed by atoms with van der Waals surface area (Å²) in [6, 6.07) is 10.6. The topological polar surface area (TPSA) is 164 Å². The van der Waals surface area contributed by atoms with Crippen molar-refractivity contribution in [3.8, 4) is 0 Å². The number of carbonyl (C=O) groups excluding carboxylic acids is 3. The second kappa shape index (κ2) is 15.8. The zero-order chi connectivity index (χ0) is 24.1. The Bertz CT molecular complexity index is 1110. The summed E-state index contributed by atoms with van der Waals surface area (Å²) < 4.78 is 4.75. The van der Waals surface area contributed by atoms with Gasteiger partial charge in [0.05, 0.1) is 29.6 Å². The summed E-state index contributed by atoms with van der Waals surface area (Å²) in [5.41, 5.74) is 3.69. The number of hydrogen-bond donors (Lipinski definition) is 1. The summed E-state index contributed by atoms with van der Waals surface area (Å²) in [7, 11) is 1.35. The first-order chi connectivity index (χ1) is 15.7. The van der Waals surface area contributed by atoms with Gasteiger partial charge in [-0.2, -0.15) is 0 Å². The van der Waals surface area contributed by atoms with Gasteiger partial charge in [-0.25, -0.2) is 9.59 Å². The molecule has 2 fully saturated rings. The fourth-order valence-corrected chi connectivity index (χ4v) is 4.02. The van der Waals surface area contributed by atoms with Crippen LogP contribution in [0.4, 0.5) is 11.4 Å². The molecule has 0 spiro atoms. The van der Waals surface area contributed by atoms with Crippen molar-refractivity contribution >= 4 is 35.1 Å². The smallest absolute Gasteiger partial charge is 0.870 e. The molecule has 0 radical (unpaired) electrons. The van der Waals surface area contributed by atoms with Gasteiger partial charge in [0.2, 0.25) is 11.8 Å². The van der Waals surface area contributed by atoms with Crippen molar-refractivity contribution in [3.05, 3.63) is 58.7 Å². The van der Waals surface area contributed by atoms with Crippen molar-refractivity contribution in [2.24, 2.45) is 0 Å². The molecular formula is C26H34LiN2O8-. The van der Waals surface area contributed by atoms with Crippen molar-refractivity contribution < 1.29 is 58.8 Å². The van der Waals surface area contributed by atoms with Crippen LogP contribution in [0.15, 0.2) is 36.4 Å². The van der Waals surface area contributed by atoms with Crippen molar-refractivity contribution in [3.63, 3.8) is 0 Å². The minimum Gasteiger partial charge on any atom is -0.870 e. The van der Waals surface area contributed by atoms with E-state index in [1.165, 1.54) is 7.11 Å². The fraction of sp³-hybridized carbons (Fsp3) is 0.385. The van der Waals surface area contributed by atoms with E-state index in [1.54, 1.807) is 28.0 Å². The maximum atomic E-state index is 11.7. The Morgan fingerprint density at radius 3 is 1.57 bits per heavy atom. The van der Waals surface area contributed by atoms with Crippen LogP contribution >= 0.6 is 0 Å². The molecule has 11 heteroatoms. The van der Waals surface area contributed by atoms with E-state index in [-0.39, 0.29) is 54.6 Å². The summed E-state index contributed by atoms with van der Waals surface area (Å²) in [4.78, 5) is 49.3. The molecule has 0 atom stereocenters. The van der Waals surface area contributed by atoms with Gasteiger partial charge in [-0.05, 0) is 51.0 Å². The third kappa shape index (κ3) is 8.44. The number of amides is 2. The molecule has 0 unspecified atom stereocenters. The summed E-state index contributed by atoms with van der Waals surface area (Å²) >= 11 is 0. The van der Waals surface area contributed by atoms with Gasteiger partial charge in [-0.3, -0.25) is 9.59 Å². The number of carboxylic acid groups (broad SMARTS) is 1. The maximum Gasteiger partial charge on any atom is 1.00 e. The van der Waals surface area contributed by atoms with E-state index in [9.17, 15) is 19.2 Å². The Hall–Kier alpha value is -3.16. The number of esters is 1. The van der Waals surface area contributed by atoms with Gasteiger partial charge in [-0.1, -0.05) is 30.7 Å². The predicted molar refractivity (Wildman–Crippen MR) is 134 cm³/mol. The number of methoxy groups -OCH3 is 1. The first-order valence-electron chi connectivity index (χ1n) is 10.9. The van der Waals surface area contributed by atoms with E-state index in [0.29, 0.717) is 42.9 Å². The summed E-state index contributed by atoms with van der Waals surface area (Å²) in [6.07, 6.45) is 2.69. The molecule has 2 aliphatic heterocycles. The molecule has 2 saturated heterocycles. The van der Waals surface area contributed by atoms with E-state index in [1.807, 2.05) is 32.0 Å². The Balaban J connectivity index is 0. The number of rotatable bonds is 4. The van der Waals surface area contributed by atoms with E-state index in [4.69, 9.17) is 9.84 Å². The molecule has 2 amide bonds. The molecule has 0 bridgehead atoms. The molecule has 0 aromatic heterocycles. The van der Waals surface area contributed by atoms with Crippen LogP contribution in [0.5, 0.6) is 0 Å². The normalized spacial score (nSPS) is 13.7. The number of anilines is 2. The second-order valence-corrected chi connectivity index (χ2v) is 8.14. The first-order valence-corrected chi connectivity index (χ1v) is 10.9. The minimum absolute atomic E-state index is 0. The summed E-state index contributed by atoms with van der Waals surface area (Å²) in [6.45, 7) is 5.03. The number of carbonyl (C=O) groups is 4. The third-order valence-corrected chi connectivity index (χ3v) is 5.67. The standard InChI is InChI=1S/C13H15NO3.C12H13NO3.CH4.Li.2H2O/c1-9-5-6-11(10(8-9)13(16)17-2)14-7-3-4-12(14)15;1-8-4-5-10(9(7-8)12(15)16)13-6-2-3-11(13)14;;;;/h5-6,8H,3-4,7H2,1-2H3;4-5,7H,2-3,6H2,1H3,(H,15,16);1H4;;2*1H2/q;;;+1;;/p-2. The van der Waals surface area contributed by atoms with E-state index in [2.05, 4.69) is 0 Å². The van der Waals surface area contributed by atoms with Crippen molar-refractivity contribution in [1.82, 2.24) is 0 Å². The molecule has 4 rings (SSSR count). The monoisotopic (exact) mass is 509 g/mol. The van der Waals surface area contributed by atoms with Crippen LogP contribution in [-0.4, -0.2) is 60.0 Å². The van der Waals surface area contributed by atoms with E-state index in [0.717, 1.165) is 24.0 Å². The number of benzene rings is 2. The second-order valence-electron chi connectivity index (χ2n) is 8.14. The number of ether oxygens (including phenoxy) is 1. The fourth-order valence-electron chi connectivity index (χ4n) is 4.02. The Morgan fingerprint density at radius 2 is 1.22 bits per heavy atom. The van der Waals surface area contributed by atoms with Crippen molar-refractivity contribution in [2.75, 3.05) is 30.0 Å². The first kappa shape index (κ1) is 36.0. The number of nitrogens with zero attached hydrogens (tertiary/aromatic N) is 2. The quantitative estimate of drug-likeness (QED) is 0.471. The predicted octanol–water partition coefficient (Wildman–Crippen LogP) is 1.01. The van der Waals surface area contributed by atoms with E-state index < -0.39 is 11.9 Å². The number of hydrogen-bond acceptors (Lipinski definition) is 7. The van der Waals surface area contributed by atoms with Crippen LogP contribution in [0, 0.1) is 13.8 Å². The van der Waals surface area contributed by atoms with E-state index >= 15 is 0 Å². The largest absolute Gasteiger partial charge is 1.00 e. The van der Waals surface area contributed by atoms with Crippen LogP contribution < -0.4 is 28.7 Å². The van der Waals surface area contributed by atoms with Gasteiger partial charge >= 0.3 is 30.8 Å². The number of aromatic carboxylic acids is 1. The van der Waals surface area contributed by atoms with Crippen LogP contribution in [-0.2, 0) is 14.3 Å². The molecule has 3 N–H and O–H groups in total. The molecular weight excluding hydrogens is 475 g/mol. The Morgan fingerprint density at radius 1 is 0.811 bits per heavy atom. The minimum atomic E-state index is -0.988. The maximum absolute atomic E-state index is 11.7. The average molecular weight is 510 g/mol. The van der Waals surface area contributed by atoms with Gasteiger partial charge < -0.3 is 30.6 Å². The molecule has 198 valence electrons. The zero-order valence-electron chi connectivity index (χ0n) is 21.0. The van der Waals surface area contributed by atoms with Crippen LogP contribution in [0.2, 0.25) is 0 Å². The number of aryl methyl sites for hydroxylation is 2. The van der Waals surface area contributed by atoms with Crippen LogP contribution in [0.1, 0.15) is 65.0 Å². The average Bonchev–Trinajstić information content (AvgIpc) is 3.41. The van der Waals surface area contributed by atoms with Crippen LogP contribution in [0.3, 0.4) is 0 Å². The molecule has 10 nitrogen and oxygen atoms in total. The van der Waals surface area contributed by atoms with Gasteiger partial charge in [0.25, 0.3) is 0 Å². The summed E-state index contributed by atoms with van der Waals surface area (Å²) in [5, 5.41) is 9.10. The molecule has 2 aromatic carbocycles. The molecule has 2 aromatic rings. The molecule has 2 heterocycles. The Kier molecular flexibility index (Phi) is 15.4.